The maximum Gasteiger partial charge on any atom is 0.258 e. The van der Waals surface area contributed by atoms with E-state index in [1.165, 1.54) is 6.20 Å². The van der Waals surface area contributed by atoms with Crippen LogP contribution in [0.25, 0.3) is 5.69 Å². The van der Waals surface area contributed by atoms with Crippen molar-refractivity contribution in [2.45, 2.75) is 18.9 Å². The van der Waals surface area contributed by atoms with E-state index in [-0.39, 0.29) is 17.9 Å². The van der Waals surface area contributed by atoms with Gasteiger partial charge in [0.2, 0.25) is 0 Å². The molecule has 0 aliphatic heterocycles. The van der Waals surface area contributed by atoms with Crippen molar-refractivity contribution in [3.05, 3.63) is 78.1 Å². The summed E-state index contributed by atoms with van der Waals surface area (Å²) >= 11 is 0. The molecule has 2 amide bonds. The number of rotatable bonds is 5. The van der Waals surface area contributed by atoms with E-state index in [1.54, 1.807) is 35.1 Å². The molecule has 1 saturated carbocycles. The van der Waals surface area contributed by atoms with Crippen molar-refractivity contribution in [2.24, 2.45) is 0 Å². The van der Waals surface area contributed by atoms with E-state index >= 15 is 0 Å². The third-order valence-electron chi connectivity index (χ3n) is 4.20. The highest BCUT2D eigenvalue weighted by atomic mass is 16.2. The maximum atomic E-state index is 12.6. The summed E-state index contributed by atoms with van der Waals surface area (Å²) in [6, 6.07) is 16.8. The van der Waals surface area contributed by atoms with Crippen LogP contribution in [-0.2, 0) is 0 Å². The van der Waals surface area contributed by atoms with Crippen LogP contribution in [0.3, 0.4) is 0 Å². The number of hydrogen-bond acceptors (Lipinski definition) is 3. The number of aromatic nitrogens is 2. The van der Waals surface area contributed by atoms with Gasteiger partial charge < -0.3 is 10.6 Å². The maximum absolute atomic E-state index is 12.6. The molecule has 4 rings (SSSR count). The van der Waals surface area contributed by atoms with Gasteiger partial charge in [0.1, 0.15) is 0 Å². The molecule has 0 radical (unpaired) electrons. The normalized spacial score (nSPS) is 13.2. The van der Waals surface area contributed by atoms with Gasteiger partial charge in [0.05, 0.1) is 28.7 Å². The smallest absolute Gasteiger partial charge is 0.258 e. The predicted molar refractivity (Wildman–Crippen MR) is 98.4 cm³/mol. The Morgan fingerprint density at radius 1 is 0.962 bits per heavy atom. The zero-order valence-electron chi connectivity index (χ0n) is 14.1. The zero-order chi connectivity index (χ0) is 17.9. The molecular weight excluding hydrogens is 328 g/mol. The first-order valence-corrected chi connectivity index (χ1v) is 8.52. The van der Waals surface area contributed by atoms with Crippen LogP contribution in [0.5, 0.6) is 0 Å². The Hall–Kier alpha value is -3.41. The SMILES string of the molecule is O=C(Nc1ccccc1C(=O)NC1CC1)c1cnn(-c2ccccc2)c1. The van der Waals surface area contributed by atoms with E-state index in [2.05, 4.69) is 15.7 Å². The molecule has 0 bridgehead atoms. The average Bonchev–Trinajstić information content (AvgIpc) is 3.34. The summed E-state index contributed by atoms with van der Waals surface area (Å²) in [5, 5.41) is 9.99. The molecule has 1 aliphatic rings. The first-order chi connectivity index (χ1) is 12.7. The van der Waals surface area contributed by atoms with Crippen LogP contribution in [0, 0.1) is 0 Å². The Balaban J connectivity index is 1.52. The van der Waals surface area contributed by atoms with Crippen LogP contribution in [0.2, 0.25) is 0 Å². The van der Waals surface area contributed by atoms with Crippen molar-refractivity contribution in [2.75, 3.05) is 5.32 Å². The largest absolute Gasteiger partial charge is 0.349 e. The number of nitrogens with zero attached hydrogens (tertiary/aromatic N) is 2. The lowest BCUT2D eigenvalue weighted by Gasteiger charge is -2.10. The van der Waals surface area contributed by atoms with E-state index in [9.17, 15) is 9.59 Å². The minimum atomic E-state index is -0.307. The zero-order valence-corrected chi connectivity index (χ0v) is 14.1. The van der Waals surface area contributed by atoms with Gasteiger partial charge in [0.15, 0.2) is 0 Å². The quantitative estimate of drug-likeness (QED) is 0.746. The molecule has 0 spiro atoms. The molecule has 1 aliphatic carbocycles. The number of nitrogens with one attached hydrogen (secondary N) is 2. The summed E-state index contributed by atoms with van der Waals surface area (Å²) in [6.07, 6.45) is 5.20. The van der Waals surface area contributed by atoms with Crippen molar-refractivity contribution < 1.29 is 9.59 Å². The highest BCUT2D eigenvalue weighted by molar-refractivity contribution is 6.08. The highest BCUT2D eigenvalue weighted by Crippen LogP contribution is 2.22. The second kappa shape index (κ2) is 6.84. The molecule has 6 heteroatoms. The summed E-state index contributed by atoms with van der Waals surface area (Å²) in [4.78, 5) is 24.9. The molecule has 1 aromatic heterocycles. The number of anilines is 1. The monoisotopic (exact) mass is 346 g/mol. The molecule has 26 heavy (non-hydrogen) atoms. The first-order valence-electron chi connectivity index (χ1n) is 8.52. The van der Waals surface area contributed by atoms with E-state index in [4.69, 9.17) is 0 Å². The Labute approximate surface area is 150 Å². The Morgan fingerprint density at radius 3 is 2.46 bits per heavy atom. The van der Waals surface area contributed by atoms with Crippen molar-refractivity contribution >= 4 is 17.5 Å². The van der Waals surface area contributed by atoms with Crippen LogP contribution in [-0.4, -0.2) is 27.6 Å². The van der Waals surface area contributed by atoms with Gasteiger partial charge in [-0.1, -0.05) is 30.3 Å². The molecular formula is C20H18N4O2. The minimum Gasteiger partial charge on any atom is -0.349 e. The van der Waals surface area contributed by atoms with Crippen molar-refractivity contribution in [1.29, 1.82) is 0 Å². The Kier molecular flexibility index (Phi) is 4.23. The van der Waals surface area contributed by atoms with Crippen LogP contribution in [0.4, 0.5) is 5.69 Å². The molecule has 0 atom stereocenters. The summed E-state index contributed by atoms with van der Waals surface area (Å²) in [5.74, 6) is -0.470. The standard InChI is InChI=1S/C20H18N4O2/c25-19(14-12-21-24(13-14)16-6-2-1-3-7-16)23-18-9-5-4-8-17(18)20(26)22-15-10-11-15/h1-9,12-13,15H,10-11H2,(H,22,26)(H,23,25). The number of benzene rings is 2. The second-order valence-electron chi connectivity index (χ2n) is 6.26. The average molecular weight is 346 g/mol. The molecule has 0 saturated heterocycles. The fourth-order valence-corrected chi connectivity index (χ4v) is 2.64. The van der Waals surface area contributed by atoms with Gasteiger partial charge in [0.25, 0.3) is 11.8 Å². The van der Waals surface area contributed by atoms with Crippen LogP contribution < -0.4 is 10.6 Å². The second-order valence-corrected chi connectivity index (χ2v) is 6.26. The van der Waals surface area contributed by atoms with Crippen LogP contribution in [0.15, 0.2) is 67.0 Å². The third kappa shape index (κ3) is 3.49. The summed E-state index contributed by atoms with van der Waals surface area (Å²) in [6.45, 7) is 0. The lowest BCUT2D eigenvalue weighted by molar-refractivity contribution is 0.0952. The molecule has 3 aromatic rings. The van der Waals surface area contributed by atoms with Crippen molar-refractivity contribution in [3.8, 4) is 5.69 Å². The molecule has 1 fully saturated rings. The minimum absolute atomic E-state index is 0.164. The number of amides is 2. The predicted octanol–water partition coefficient (Wildman–Crippen LogP) is 3.02. The molecule has 2 N–H and O–H groups in total. The van der Waals surface area contributed by atoms with Gasteiger partial charge in [-0.25, -0.2) is 4.68 Å². The van der Waals surface area contributed by atoms with Gasteiger partial charge in [-0.3, -0.25) is 9.59 Å². The lowest BCUT2D eigenvalue weighted by Crippen LogP contribution is -2.26. The summed E-state index contributed by atoms with van der Waals surface area (Å²) in [7, 11) is 0. The number of carbonyl (C=O) groups is 2. The van der Waals surface area contributed by atoms with Crippen LogP contribution in [0.1, 0.15) is 33.6 Å². The topological polar surface area (TPSA) is 76.0 Å². The molecule has 130 valence electrons. The van der Waals surface area contributed by atoms with E-state index < -0.39 is 0 Å². The molecule has 6 nitrogen and oxygen atoms in total. The van der Waals surface area contributed by atoms with Gasteiger partial charge in [-0.05, 0) is 37.1 Å². The molecule has 0 unspecified atom stereocenters. The Morgan fingerprint density at radius 2 is 1.69 bits per heavy atom. The lowest BCUT2D eigenvalue weighted by atomic mass is 10.1. The number of hydrogen-bond donors (Lipinski definition) is 2. The summed E-state index contributed by atoms with van der Waals surface area (Å²) in [5.41, 5.74) is 2.24. The fourth-order valence-electron chi connectivity index (χ4n) is 2.64. The van der Waals surface area contributed by atoms with Crippen molar-refractivity contribution in [1.82, 2.24) is 15.1 Å². The van der Waals surface area contributed by atoms with E-state index in [1.807, 2.05) is 30.3 Å². The fraction of sp³-hybridized carbons (Fsp3) is 0.150. The van der Waals surface area contributed by atoms with Gasteiger partial charge in [0, 0.05) is 12.2 Å². The van der Waals surface area contributed by atoms with Crippen molar-refractivity contribution in [3.63, 3.8) is 0 Å². The van der Waals surface area contributed by atoms with Crippen LogP contribution >= 0.6 is 0 Å². The third-order valence-corrected chi connectivity index (χ3v) is 4.20. The Bertz CT molecular complexity index is 945. The number of carbonyl (C=O) groups excluding carboxylic acids is 2. The van der Waals surface area contributed by atoms with Gasteiger partial charge in [-0.2, -0.15) is 5.10 Å². The van der Waals surface area contributed by atoms with Gasteiger partial charge in [-0.15, -0.1) is 0 Å². The van der Waals surface area contributed by atoms with E-state index in [0.29, 0.717) is 16.8 Å². The number of para-hydroxylation sites is 2. The molecule has 1 heterocycles. The molecule has 2 aromatic carbocycles. The highest BCUT2D eigenvalue weighted by Gasteiger charge is 2.25. The van der Waals surface area contributed by atoms with Gasteiger partial charge >= 0.3 is 0 Å². The van der Waals surface area contributed by atoms with E-state index in [0.717, 1.165) is 18.5 Å². The first kappa shape index (κ1) is 16.1. The summed E-state index contributed by atoms with van der Waals surface area (Å²) < 4.78 is 1.64.